The first kappa shape index (κ1) is 22.4. The Balaban J connectivity index is 1.09. The highest BCUT2D eigenvalue weighted by Gasteiger charge is 2.34. The lowest BCUT2D eigenvalue weighted by Crippen LogP contribution is -2.42. The molecule has 0 saturated carbocycles. The first-order valence-electron chi connectivity index (χ1n) is 12.3. The Kier molecular flexibility index (Phi) is 5.88. The van der Waals surface area contributed by atoms with Crippen molar-refractivity contribution in [3.8, 4) is 11.5 Å². The number of hydrogen-bond donors (Lipinski definition) is 2. The van der Waals surface area contributed by atoms with Crippen LogP contribution in [-0.2, 0) is 16.9 Å². The Bertz CT molecular complexity index is 1220. The molecule has 184 valence electrons. The first-order valence-corrected chi connectivity index (χ1v) is 12.3. The molecule has 2 aromatic carbocycles. The van der Waals surface area contributed by atoms with Crippen LogP contribution in [0.1, 0.15) is 47.4 Å². The Labute approximate surface area is 203 Å². The minimum atomic E-state index is -0.904. The van der Waals surface area contributed by atoms with Gasteiger partial charge in [0, 0.05) is 38.2 Å². The van der Waals surface area contributed by atoms with E-state index in [0.29, 0.717) is 25.0 Å². The number of aliphatic hydroxyl groups is 1. The van der Waals surface area contributed by atoms with E-state index in [-0.39, 0.29) is 24.6 Å². The number of likely N-dealkylation sites (tertiary alicyclic amines) is 1. The molecule has 8 nitrogen and oxygen atoms in total. The second kappa shape index (κ2) is 9.18. The van der Waals surface area contributed by atoms with Gasteiger partial charge in [-0.15, -0.1) is 0 Å². The van der Waals surface area contributed by atoms with E-state index in [1.165, 1.54) is 5.56 Å². The van der Waals surface area contributed by atoms with Gasteiger partial charge in [0.1, 0.15) is 5.58 Å². The minimum Gasteiger partial charge on any atom is -0.454 e. The van der Waals surface area contributed by atoms with Crippen LogP contribution < -0.4 is 14.8 Å². The van der Waals surface area contributed by atoms with Crippen LogP contribution in [0.25, 0.3) is 11.0 Å². The summed E-state index contributed by atoms with van der Waals surface area (Å²) >= 11 is 0. The van der Waals surface area contributed by atoms with Crippen LogP contribution in [0.15, 0.2) is 46.9 Å². The standard InChI is InChI=1S/C27H30N2O6/c30-26(28-15-21-2-1-11-32-21)25-14-19-13-20(4-6-22(19)35-25)27(31)7-9-29(10-8-27)16-18-3-5-23-24(12-18)34-17-33-23/h3-6,12-14,21,31H,1-2,7-11,15-17H2,(H,28,30)/t21-/m0/s1. The summed E-state index contributed by atoms with van der Waals surface area (Å²) < 4.78 is 22.2. The number of nitrogens with zero attached hydrogens (tertiary/aromatic N) is 1. The monoisotopic (exact) mass is 478 g/mol. The van der Waals surface area contributed by atoms with Crippen molar-refractivity contribution in [3.63, 3.8) is 0 Å². The third-order valence-corrected chi connectivity index (χ3v) is 7.32. The van der Waals surface area contributed by atoms with Crippen LogP contribution in [0, 0.1) is 0 Å². The number of nitrogens with one attached hydrogen (secondary N) is 1. The molecule has 2 saturated heterocycles. The molecule has 8 heteroatoms. The molecule has 2 N–H and O–H groups in total. The van der Waals surface area contributed by atoms with Crippen LogP contribution in [-0.4, -0.2) is 55.1 Å². The largest absolute Gasteiger partial charge is 0.454 e. The zero-order valence-corrected chi connectivity index (χ0v) is 19.6. The SMILES string of the molecule is O=C(NC[C@@H]1CCCO1)c1cc2cc(C3(O)CCN(Cc4ccc5c(c4)OCO5)CC3)ccc2o1. The molecule has 3 aromatic rings. The number of carbonyl (C=O) groups is 1. The van der Waals surface area contributed by atoms with Crippen molar-refractivity contribution in [1.29, 1.82) is 0 Å². The maximum absolute atomic E-state index is 12.5. The lowest BCUT2D eigenvalue weighted by atomic mass is 9.84. The predicted molar refractivity (Wildman–Crippen MR) is 128 cm³/mol. The summed E-state index contributed by atoms with van der Waals surface area (Å²) in [5, 5.41) is 15.2. The lowest BCUT2D eigenvalue weighted by Gasteiger charge is -2.38. The fraction of sp³-hybridized carbons (Fsp3) is 0.444. The van der Waals surface area contributed by atoms with Gasteiger partial charge in [-0.3, -0.25) is 9.69 Å². The average Bonchev–Trinajstić information content (AvgIpc) is 3.64. The van der Waals surface area contributed by atoms with Crippen LogP contribution in [0.5, 0.6) is 11.5 Å². The van der Waals surface area contributed by atoms with Gasteiger partial charge in [-0.2, -0.15) is 0 Å². The zero-order valence-electron chi connectivity index (χ0n) is 19.6. The molecule has 4 heterocycles. The minimum absolute atomic E-state index is 0.0834. The van der Waals surface area contributed by atoms with Gasteiger partial charge in [-0.1, -0.05) is 12.1 Å². The van der Waals surface area contributed by atoms with E-state index in [1.54, 1.807) is 6.07 Å². The number of amides is 1. The number of rotatable bonds is 6. The normalized spacial score (nSPS) is 21.5. The van der Waals surface area contributed by atoms with E-state index in [0.717, 1.165) is 61.5 Å². The van der Waals surface area contributed by atoms with Crippen LogP contribution in [0.4, 0.5) is 0 Å². The lowest BCUT2D eigenvalue weighted by molar-refractivity contribution is -0.0276. The van der Waals surface area contributed by atoms with Gasteiger partial charge in [0.05, 0.1) is 11.7 Å². The van der Waals surface area contributed by atoms with Gasteiger partial charge >= 0.3 is 0 Å². The number of carbonyl (C=O) groups excluding carboxylic acids is 1. The number of hydrogen-bond acceptors (Lipinski definition) is 7. The van der Waals surface area contributed by atoms with E-state index < -0.39 is 5.60 Å². The molecule has 1 atom stereocenters. The smallest absolute Gasteiger partial charge is 0.287 e. The molecule has 0 radical (unpaired) electrons. The molecule has 2 fully saturated rings. The molecule has 1 amide bonds. The Morgan fingerprint density at radius 1 is 1.09 bits per heavy atom. The van der Waals surface area contributed by atoms with Crippen molar-refractivity contribution >= 4 is 16.9 Å². The molecule has 0 spiro atoms. The first-order chi connectivity index (χ1) is 17.1. The Hall–Kier alpha value is -3.07. The third kappa shape index (κ3) is 4.61. The zero-order chi connectivity index (χ0) is 23.8. The van der Waals surface area contributed by atoms with Crippen molar-refractivity contribution in [1.82, 2.24) is 10.2 Å². The van der Waals surface area contributed by atoms with E-state index in [4.69, 9.17) is 18.6 Å². The summed E-state index contributed by atoms with van der Waals surface area (Å²) in [5.41, 5.74) is 1.77. The molecule has 1 aromatic heterocycles. The van der Waals surface area contributed by atoms with Gasteiger partial charge in [-0.25, -0.2) is 0 Å². The number of ether oxygens (including phenoxy) is 3. The summed E-state index contributed by atoms with van der Waals surface area (Å²) in [5.74, 6) is 1.62. The quantitative estimate of drug-likeness (QED) is 0.560. The highest BCUT2D eigenvalue weighted by molar-refractivity contribution is 5.96. The maximum atomic E-state index is 12.5. The van der Waals surface area contributed by atoms with Gasteiger partial charge < -0.3 is 29.1 Å². The molecule has 0 bridgehead atoms. The fourth-order valence-electron chi connectivity index (χ4n) is 5.21. The second-order valence-electron chi connectivity index (χ2n) is 9.70. The molecular weight excluding hydrogens is 448 g/mol. The molecular formula is C27H30N2O6. The highest BCUT2D eigenvalue weighted by Crippen LogP contribution is 2.37. The van der Waals surface area contributed by atoms with E-state index >= 15 is 0 Å². The average molecular weight is 479 g/mol. The molecule has 35 heavy (non-hydrogen) atoms. The van der Waals surface area contributed by atoms with Crippen molar-refractivity contribution in [3.05, 3.63) is 59.4 Å². The number of furan rings is 1. The predicted octanol–water partition coefficient (Wildman–Crippen LogP) is 3.55. The topological polar surface area (TPSA) is 93.4 Å². The summed E-state index contributed by atoms with van der Waals surface area (Å²) in [6, 6.07) is 13.5. The van der Waals surface area contributed by atoms with E-state index in [1.807, 2.05) is 30.3 Å². The van der Waals surface area contributed by atoms with Crippen molar-refractivity contribution in [2.24, 2.45) is 0 Å². The van der Waals surface area contributed by atoms with Gasteiger partial charge in [0.25, 0.3) is 5.91 Å². The van der Waals surface area contributed by atoms with Gasteiger partial charge in [0.15, 0.2) is 17.3 Å². The van der Waals surface area contributed by atoms with Crippen LogP contribution in [0.3, 0.4) is 0 Å². The van der Waals surface area contributed by atoms with Gasteiger partial charge in [0.2, 0.25) is 6.79 Å². The number of piperidine rings is 1. The summed E-state index contributed by atoms with van der Waals surface area (Å²) in [6.07, 6.45) is 3.36. The molecule has 0 aliphatic carbocycles. The van der Waals surface area contributed by atoms with E-state index in [9.17, 15) is 9.90 Å². The van der Waals surface area contributed by atoms with Crippen LogP contribution in [0.2, 0.25) is 0 Å². The fourth-order valence-corrected chi connectivity index (χ4v) is 5.21. The molecule has 3 aliphatic rings. The summed E-state index contributed by atoms with van der Waals surface area (Å²) in [7, 11) is 0. The summed E-state index contributed by atoms with van der Waals surface area (Å²) in [4.78, 5) is 14.9. The summed E-state index contributed by atoms with van der Waals surface area (Å²) in [6.45, 7) is 3.89. The van der Waals surface area contributed by atoms with Crippen molar-refractivity contribution in [2.75, 3.05) is 33.0 Å². The Morgan fingerprint density at radius 3 is 2.77 bits per heavy atom. The maximum Gasteiger partial charge on any atom is 0.287 e. The van der Waals surface area contributed by atoms with Crippen molar-refractivity contribution in [2.45, 2.75) is 43.9 Å². The molecule has 6 rings (SSSR count). The van der Waals surface area contributed by atoms with E-state index in [2.05, 4.69) is 16.3 Å². The molecule has 3 aliphatic heterocycles. The van der Waals surface area contributed by atoms with Crippen LogP contribution >= 0.6 is 0 Å². The number of benzene rings is 2. The highest BCUT2D eigenvalue weighted by atomic mass is 16.7. The van der Waals surface area contributed by atoms with Gasteiger partial charge in [-0.05, 0) is 67.1 Å². The Morgan fingerprint density at radius 2 is 1.94 bits per heavy atom. The number of fused-ring (bicyclic) bond motifs is 2. The van der Waals surface area contributed by atoms with Crippen molar-refractivity contribution < 1.29 is 28.5 Å². The third-order valence-electron chi connectivity index (χ3n) is 7.32. The second-order valence-corrected chi connectivity index (χ2v) is 9.70. The molecule has 0 unspecified atom stereocenters.